The van der Waals surface area contributed by atoms with E-state index in [1.807, 2.05) is 0 Å². The van der Waals surface area contributed by atoms with Crippen LogP contribution in [0.1, 0.15) is 24.4 Å². The van der Waals surface area contributed by atoms with Crippen LogP contribution < -0.4 is 5.73 Å². The lowest BCUT2D eigenvalue weighted by molar-refractivity contribution is 0.610. The van der Waals surface area contributed by atoms with E-state index in [4.69, 9.17) is 5.73 Å². The molecule has 0 bridgehead atoms. The van der Waals surface area contributed by atoms with Crippen molar-refractivity contribution < 1.29 is 4.39 Å². The SMILES string of the molecule is Cl.NC(c1ccc(F)cc1Br)C1CC1. The van der Waals surface area contributed by atoms with Crippen LogP contribution in [-0.4, -0.2) is 0 Å². The smallest absolute Gasteiger partial charge is 0.124 e. The van der Waals surface area contributed by atoms with Gasteiger partial charge in [0.25, 0.3) is 0 Å². The molecule has 0 aliphatic heterocycles. The first kappa shape index (κ1) is 12.0. The minimum Gasteiger partial charge on any atom is -0.324 e. The second-order valence-electron chi connectivity index (χ2n) is 3.53. The molecule has 1 aliphatic carbocycles. The van der Waals surface area contributed by atoms with Crippen LogP contribution in [0.2, 0.25) is 0 Å². The van der Waals surface area contributed by atoms with Crippen LogP contribution in [0.4, 0.5) is 4.39 Å². The van der Waals surface area contributed by atoms with Crippen molar-refractivity contribution in [1.29, 1.82) is 0 Å². The molecule has 1 unspecified atom stereocenters. The molecule has 2 N–H and O–H groups in total. The van der Waals surface area contributed by atoms with E-state index in [-0.39, 0.29) is 24.3 Å². The Morgan fingerprint density at radius 2 is 2.07 bits per heavy atom. The number of halogens is 3. The van der Waals surface area contributed by atoms with Crippen LogP contribution in [-0.2, 0) is 0 Å². The highest BCUT2D eigenvalue weighted by molar-refractivity contribution is 9.10. The monoisotopic (exact) mass is 279 g/mol. The van der Waals surface area contributed by atoms with Gasteiger partial charge in [0.1, 0.15) is 5.82 Å². The van der Waals surface area contributed by atoms with Crippen molar-refractivity contribution in [2.24, 2.45) is 11.7 Å². The van der Waals surface area contributed by atoms with Crippen LogP contribution in [0.3, 0.4) is 0 Å². The maximum absolute atomic E-state index is 12.8. The highest BCUT2D eigenvalue weighted by atomic mass is 79.9. The third kappa shape index (κ3) is 2.47. The molecule has 0 heterocycles. The first-order valence-electron chi connectivity index (χ1n) is 4.39. The molecule has 0 spiro atoms. The van der Waals surface area contributed by atoms with Crippen LogP contribution in [0.15, 0.2) is 22.7 Å². The van der Waals surface area contributed by atoms with Gasteiger partial charge in [-0.3, -0.25) is 0 Å². The standard InChI is InChI=1S/C10H11BrFN.ClH/c11-9-5-7(12)3-4-8(9)10(13)6-1-2-6;/h3-6,10H,1-2,13H2;1H. The third-order valence-corrected chi connectivity index (χ3v) is 3.14. The van der Waals surface area contributed by atoms with E-state index >= 15 is 0 Å². The topological polar surface area (TPSA) is 26.0 Å². The summed E-state index contributed by atoms with van der Waals surface area (Å²) in [5.74, 6) is 0.375. The summed E-state index contributed by atoms with van der Waals surface area (Å²) in [4.78, 5) is 0. The second kappa shape index (κ2) is 4.60. The summed E-state index contributed by atoms with van der Waals surface area (Å²) in [6.07, 6.45) is 2.40. The fourth-order valence-corrected chi connectivity index (χ4v) is 2.10. The molecular formula is C10H12BrClFN. The van der Waals surface area contributed by atoms with Crippen molar-refractivity contribution in [3.63, 3.8) is 0 Å². The molecule has 0 amide bonds. The molecule has 0 saturated heterocycles. The van der Waals surface area contributed by atoms with Gasteiger partial charge >= 0.3 is 0 Å². The average Bonchev–Trinajstić information content (AvgIpc) is 2.85. The van der Waals surface area contributed by atoms with Crippen molar-refractivity contribution >= 4 is 28.3 Å². The van der Waals surface area contributed by atoms with Crippen LogP contribution in [0.5, 0.6) is 0 Å². The highest BCUT2D eigenvalue weighted by Gasteiger charge is 2.30. The molecule has 2 rings (SSSR count). The lowest BCUT2D eigenvalue weighted by Crippen LogP contribution is -2.12. The molecule has 14 heavy (non-hydrogen) atoms. The van der Waals surface area contributed by atoms with Gasteiger partial charge in [-0.25, -0.2) is 4.39 Å². The Hall–Kier alpha value is -0.120. The van der Waals surface area contributed by atoms with Crippen molar-refractivity contribution in [2.75, 3.05) is 0 Å². The summed E-state index contributed by atoms with van der Waals surface area (Å²) >= 11 is 3.32. The molecule has 0 radical (unpaired) electrons. The maximum atomic E-state index is 12.8. The van der Waals surface area contributed by atoms with Gasteiger partial charge in [0.2, 0.25) is 0 Å². The highest BCUT2D eigenvalue weighted by Crippen LogP contribution is 2.41. The lowest BCUT2D eigenvalue weighted by Gasteiger charge is -2.12. The Labute approximate surface area is 97.4 Å². The lowest BCUT2D eigenvalue weighted by atomic mass is 10.0. The third-order valence-electron chi connectivity index (χ3n) is 2.45. The zero-order valence-corrected chi connectivity index (χ0v) is 9.94. The van der Waals surface area contributed by atoms with Crippen molar-refractivity contribution in [3.05, 3.63) is 34.1 Å². The van der Waals surface area contributed by atoms with Gasteiger partial charge in [-0.05, 0) is 36.5 Å². The Morgan fingerprint density at radius 1 is 1.43 bits per heavy atom. The molecule has 78 valence electrons. The van der Waals surface area contributed by atoms with E-state index in [2.05, 4.69) is 15.9 Å². The van der Waals surface area contributed by atoms with Crippen LogP contribution in [0.25, 0.3) is 0 Å². The molecule has 1 atom stereocenters. The molecule has 1 nitrogen and oxygen atoms in total. The molecule has 4 heteroatoms. The number of rotatable bonds is 2. The van der Waals surface area contributed by atoms with E-state index in [0.29, 0.717) is 5.92 Å². The first-order valence-corrected chi connectivity index (χ1v) is 5.18. The summed E-state index contributed by atoms with van der Waals surface area (Å²) in [7, 11) is 0. The van der Waals surface area contributed by atoms with Gasteiger partial charge in [0.05, 0.1) is 0 Å². The summed E-state index contributed by atoms with van der Waals surface area (Å²) in [5, 5.41) is 0. The molecule has 1 aromatic rings. The van der Waals surface area contributed by atoms with Gasteiger partial charge < -0.3 is 5.73 Å². The van der Waals surface area contributed by atoms with E-state index in [0.717, 1.165) is 10.0 Å². The quantitative estimate of drug-likeness (QED) is 0.882. The maximum Gasteiger partial charge on any atom is 0.124 e. The summed E-state index contributed by atoms with van der Waals surface area (Å²) in [6, 6.07) is 4.76. The average molecular weight is 281 g/mol. The number of nitrogens with two attached hydrogens (primary N) is 1. The molecule has 1 fully saturated rings. The zero-order chi connectivity index (χ0) is 9.42. The predicted molar refractivity (Wildman–Crippen MR) is 61.0 cm³/mol. The van der Waals surface area contributed by atoms with Crippen molar-refractivity contribution in [1.82, 2.24) is 0 Å². The van der Waals surface area contributed by atoms with E-state index < -0.39 is 0 Å². The van der Waals surface area contributed by atoms with Gasteiger partial charge in [0, 0.05) is 10.5 Å². The molecule has 1 saturated carbocycles. The normalized spacial score (nSPS) is 17.4. The summed E-state index contributed by atoms with van der Waals surface area (Å²) in [6.45, 7) is 0. The van der Waals surface area contributed by atoms with Gasteiger partial charge in [-0.15, -0.1) is 12.4 Å². The Bertz CT molecular complexity index is 328. The van der Waals surface area contributed by atoms with Crippen LogP contribution in [0, 0.1) is 11.7 Å². The predicted octanol–water partition coefficient (Wildman–Crippen LogP) is 3.42. The number of hydrogen-bond acceptors (Lipinski definition) is 1. The first-order chi connectivity index (χ1) is 6.18. The van der Waals surface area contributed by atoms with E-state index in [9.17, 15) is 4.39 Å². The Balaban J connectivity index is 0.000000980. The van der Waals surface area contributed by atoms with Crippen LogP contribution >= 0.6 is 28.3 Å². The van der Waals surface area contributed by atoms with E-state index in [1.165, 1.54) is 25.0 Å². The van der Waals surface area contributed by atoms with Gasteiger partial charge in [0.15, 0.2) is 0 Å². The molecule has 0 aromatic heterocycles. The second-order valence-corrected chi connectivity index (χ2v) is 4.38. The van der Waals surface area contributed by atoms with Gasteiger partial charge in [-0.1, -0.05) is 22.0 Å². The van der Waals surface area contributed by atoms with E-state index in [1.54, 1.807) is 6.07 Å². The summed E-state index contributed by atoms with van der Waals surface area (Å²) < 4.78 is 13.5. The number of benzene rings is 1. The summed E-state index contributed by atoms with van der Waals surface area (Å²) in [5.41, 5.74) is 7.02. The Kier molecular flexibility index (Phi) is 3.93. The number of hydrogen-bond donors (Lipinski definition) is 1. The minimum atomic E-state index is -0.223. The largest absolute Gasteiger partial charge is 0.324 e. The minimum absolute atomic E-state index is 0. The fraction of sp³-hybridized carbons (Fsp3) is 0.400. The Morgan fingerprint density at radius 3 is 2.57 bits per heavy atom. The van der Waals surface area contributed by atoms with Crippen molar-refractivity contribution in [2.45, 2.75) is 18.9 Å². The van der Waals surface area contributed by atoms with Crippen molar-refractivity contribution in [3.8, 4) is 0 Å². The molecule has 1 aliphatic rings. The van der Waals surface area contributed by atoms with Gasteiger partial charge in [-0.2, -0.15) is 0 Å². The fourth-order valence-electron chi connectivity index (χ4n) is 1.48. The zero-order valence-electron chi connectivity index (χ0n) is 7.54. The molecular weight excluding hydrogens is 268 g/mol. The molecule has 1 aromatic carbocycles.